The van der Waals surface area contributed by atoms with Crippen molar-refractivity contribution in [3.05, 3.63) is 95.3 Å². The molecule has 3 aromatic rings. The summed E-state index contributed by atoms with van der Waals surface area (Å²) in [5.74, 6) is -0.289. The second-order valence-electron chi connectivity index (χ2n) is 7.81. The van der Waals surface area contributed by atoms with Crippen LogP contribution in [0.4, 0.5) is 5.69 Å². The summed E-state index contributed by atoms with van der Waals surface area (Å²) in [5, 5.41) is 5.84. The highest BCUT2D eigenvalue weighted by Crippen LogP contribution is 2.31. The topological polar surface area (TPSA) is 97.1 Å². The zero-order valence-electron chi connectivity index (χ0n) is 17.3. The van der Waals surface area contributed by atoms with Gasteiger partial charge in [-0.05, 0) is 60.2 Å². The fourth-order valence-corrected chi connectivity index (χ4v) is 4.00. The molecule has 0 saturated heterocycles. The fraction of sp³-hybridized carbons (Fsp3) is 0.240. The molecule has 0 bridgehead atoms. The highest BCUT2D eigenvalue weighted by Gasteiger charge is 2.26. The van der Waals surface area contributed by atoms with Gasteiger partial charge in [0.25, 0.3) is 5.91 Å². The zero-order valence-corrected chi connectivity index (χ0v) is 17.3. The second-order valence-corrected chi connectivity index (χ2v) is 7.81. The van der Waals surface area contributed by atoms with E-state index in [2.05, 4.69) is 21.7 Å². The number of carbonyl (C=O) groups excluding carboxylic acids is 2. The lowest BCUT2D eigenvalue weighted by molar-refractivity contribution is -0.122. The monoisotopic (exact) mass is 414 g/mol. The maximum absolute atomic E-state index is 12.8. The van der Waals surface area contributed by atoms with E-state index >= 15 is 0 Å². The number of aryl methyl sites for hydroxylation is 1. The molecule has 2 atom stereocenters. The molecule has 2 unspecified atom stereocenters. The first-order valence-corrected chi connectivity index (χ1v) is 10.5. The molecule has 0 saturated carbocycles. The summed E-state index contributed by atoms with van der Waals surface area (Å²) >= 11 is 0. The van der Waals surface area contributed by atoms with Crippen LogP contribution >= 0.6 is 0 Å². The predicted molar refractivity (Wildman–Crippen MR) is 121 cm³/mol. The number of carbonyl (C=O) groups is 2. The van der Waals surface area contributed by atoms with E-state index in [-0.39, 0.29) is 23.8 Å². The van der Waals surface area contributed by atoms with E-state index in [1.54, 1.807) is 36.7 Å². The number of fused-ring (bicyclic) bond motifs is 1. The van der Waals surface area contributed by atoms with Crippen molar-refractivity contribution in [2.75, 3.05) is 11.9 Å². The summed E-state index contributed by atoms with van der Waals surface area (Å²) in [4.78, 5) is 29.1. The van der Waals surface area contributed by atoms with Gasteiger partial charge in [0.1, 0.15) is 0 Å². The average molecular weight is 415 g/mol. The number of nitrogens with zero attached hydrogens (tertiary/aromatic N) is 1. The van der Waals surface area contributed by atoms with Crippen molar-refractivity contribution in [2.24, 2.45) is 5.73 Å². The number of pyridine rings is 1. The molecule has 4 rings (SSSR count). The largest absolute Gasteiger partial charge is 0.354 e. The fourth-order valence-electron chi connectivity index (χ4n) is 4.00. The molecule has 0 spiro atoms. The van der Waals surface area contributed by atoms with Crippen LogP contribution in [0, 0.1) is 0 Å². The molecule has 6 heteroatoms. The number of aromatic nitrogens is 1. The first-order valence-electron chi connectivity index (χ1n) is 10.5. The number of hydrogen-bond acceptors (Lipinski definition) is 4. The van der Waals surface area contributed by atoms with Crippen molar-refractivity contribution in [3.8, 4) is 0 Å². The molecule has 1 aliphatic rings. The van der Waals surface area contributed by atoms with Crippen molar-refractivity contribution < 1.29 is 9.59 Å². The summed E-state index contributed by atoms with van der Waals surface area (Å²) < 4.78 is 0. The molecular weight excluding hydrogens is 388 g/mol. The molecule has 158 valence electrons. The molecule has 6 nitrogen and oxygen atoms in total. The first kappa shape index (κ1) is 20.8. The lowest BCUT2D eigenvalue weighted by atomic mass is 9.82. The van der Waals surface area contributed by atoms with Gasteiger partial charge in [-0.15, -0.1) is 0 Å². The molecular formula is C25H26N4O2. The van der Waals surface area contributed by atoms with Crippen LogP contribution in [0.5, 0.6) is 0 Å². The van der Waals surface area contributed by atoms with Gasteiger partial charge < -0.3 is 16.4 Å². The Bertz CT molecular complexity index is 1050. The van der Waals surface area contributed by atoms with E-state index in [1.807, 2.05) is 30.3 Å². The van der Waals surface area contributed by atoms with Crippen LogP contribution in [0.2, 0.25) is 0 Å². The molecule has 4 N–H and O–H groups in total. The summed E-state index contributed by atoms with van der Waals surface area (Å²) in [6, 6.07) is 18.4. The molecule has 2 amide bonds. The Morgan fingerprint density at radius 1 is 1.03 bits per heavy atom. The van der Waals surface area contributed by atoms with Crippen molar-refractivity contribution in [1.82, 2.24) is 10.3 Å². The van der Waals surface area contributed by atoms with E-state index in [4.69, 9.17) is 5.73 Å². The van der Waals surface area contributed by atoms with Crippen LogP contribution in [0.3, 0.4) is 0 Å². The van der Waals surface area contributed by atoms with E-state index in [9.17, 15) is 9.59 Å². The number of hydrogen-bond donors (Lipinski definition) is 3. The van der Waals surface area contributed by atoms with Gasteiger partial charge in [0.15, 0.2) is 0 Å². The van der Waals surface area contributed by atoms with Gasteiger partial charge in [0.2, 0.25) is 5.91 Å². The number of nitrogens with two attached hydrogens (primary N) is 1. The summed E-state index contributed by atoms with van der Waals surface area (Å²) in [7, 11) is 0. The van der Waals surface area contributed by atoms with Gasteiger partial charge in [-0.2, -0.15) is 0 Å². The summed E-state index contributed by atoms with van der Waals surface area (Å²) in [6.07, 6.45) is 6.15. The van der Waals surface area contributed by atoms with Crippen molar-refractivity contribution >= 4 is 17.5 Å². The van der Waals surface area contributed by atoms with Crippen LogP contribution in [0.25, 0.3) is 0 Å². The van der Waals surface area contributed by atoms with Crippen LogP contribution in [-0.2, 0) is 11.2 Å². The molecule has 1 aliphatic carbocycles. The van der Waals surface area contributed by atoms with Crippen LogP contribution < -0.4 is 16.4 Å². The number of benzene rings is 2. The van der Waals surface area contributed by atoms with Crippen LogP contribution in [0.15, 0.2) is 73.1 Å². The molecule has 31 heavy (non-hydrogen) atoms. The van der Waals surface area contributed by atoms with Gasteiger partial charge >= 0.3 is 0 Å². The minimum absolute atomic E-state index is 0.0240. The highest BCUT2D eigenvalue weighted by atomic mass is 16.2. The SMILES string of the molecule is NC(CNC(=O)C1CCCc2ccccc21)c1ccc(C(=O)Nc2ccncc2)cc1. The summed E-state index contributed by atoms with van der Waals surface area (Å²) in [5.41, 5.74) is 10.8. The van der Waals surface area contributed by atoms with Crippen LogP contribution in [-0.4, -0.2) is 23.3 Å². The van der Waals surface area contributed by atoms with Crippen molar-refractivity contribution in [1.29, 1.82) is 0 Å². The minimum Gasteiger partial charge on any atom is -0.354 e. The second kappa shape index (κ2) is 9.53. The van der Waals surface area contributed by atoms with Gasteiger partial charge in [-0.25, -0.2) is 0 Å². The standard InChI is InChI=1S/C25H26N4O2/c26-23(16-28-25(31)22-7-3-5-17-4-1-2-6-21(17)22)18-8-10-19(11-9-18)24(30)29-20-12-14-27-15-13-20/h1-2,4,6,8-15,22-23H,3,5,7,16,26H2,(H,28,31)(H,27,29,30). The maximum Gasteiger partial charge on any atom is 0.255 e. The van der Waals surface area contributed by atoms with Gasteiger partial charge in [-0.3, -0.25) is 14.6 Å². The lowest BCUT2D eigenvalue weighted by Crippen LogP contribution is -2.36. The van der Waals surface area contributed by atoms with E-state index in [1.165, 1.54) is 5.56 Å². The minimum atomic E-state index is -0.347. The Hall–Kier alpha value is -3.51. The third-order valence-electron chi connectivity index (χ3n) is 5.72. The Kier molecular flexibility index (Phi) is 6.38. The Morgan fingerprint density at radius 3 is 2.55 bits per heavy atom. The third-order valence-corrected chi connectivity index (χ3v) is 5.72. The Balaban J connectivity index is 1.33. The molecule has 2 aromatic carbocycles. The molecule has 1 aromatic heterocycles. The normalized spacial score (nSPS) is 16.1. The Morgan fingerprint density at radius 2 is 1.77 bits per heavy atom. The number of amides is 2. The molecule has 0 fully saturated rings. The van der Waals surface area contributed by atoms with Crippen LogP contribution in [0.1, 0.15) is 51.8 Å². The smallest absolute Gasteiger partial charge is 0.255 e. The number of nitrogens with one attached hydrogen (secondary N) is 2. The van der Waals surface area contributed by atoms with Crippen molar-refractivity contribution in [2.45, 2.75) is 31.2 Å². The van der Waals surface area contributed by atoms with Crippen molar-refractivity contribution in [3.63, 3.8) is 0 Å². The third kappa shape index (κ3) is 4.98. The average Bonchev–Trinajstić information content (AvgIpc) is 2.82. The molecule has 1 heterocycles. The first-order chi connectivity index (χ1) is 15.1. The van der Waals surface area contributed by atoms with E-state index < -0.39 is 0 Å². The number of anilines is 1. The zero-order chi connectivity index (χ0) is 21.6. The van der Waals surface area contributed by atoms with Gasteiger partial charge in [0, 0.05) is 36.2 Å². The Labute approximate surface area is 181 Å². The van der Waals surface area contributed by atoms with E-state index in [0.717, 1.165) is 30.4 Å². The quantitative estimate of drug-likeness (QED) is 0.574. The highest BCUT2D eigenvalue weighted by molar-refractivity contribution is 6.04. The number of rotatable bonds is 6. The van der Waals surface area contributed by atoms with Gasteiger partial charge in [-0.1, -0.05) is 36.4 Å². The lowest BCUT2D eigenvalue weighted by Gasteiger charge is -2.25. The summed E-state index contributed by atoms with van der Waals surface area (Å²) in [6.45, 7) is 0.347. The van der Waals surface area contributed by atoms with E-state index in [0.29, 0.717) is 17.8 Å². The molecule has 0 radical (unpaired) electrons. The maximum atomic E-state index is 12.8. The van der Waals surface area contributed by atoms with Gasteiger partial charge in [0.05, 0.1) is 5.92 Å². The molecule has 0 aliphatic heterocycles. The predicted octanol–water partition coefficient (Wildman–Crippen LogP) is 3.57.